The molecule has 0 rings (SSSR count). The summed E-state index contributed by atoms with van der Waals surface area (Å²) in [5, 5.41) is 0. The molecule has 0 aromatic carbocycles. The second-order valence-corrected chi connectivity index (χ2v) is 3.30. The Balaban J connectivity index is 0. The Morgan fingerprint density at radius 1 is 0.929 bits per heavy atom. The van der Waals surface area contributed by atoms with E-state index in [9.17, 15) is 0 Å². The molecular weight excluding hydrogens is 176 g/mol. The van der Waals surface area contributed by atoms with Crippen LogP contribution in [0.5, 0.6) is 0 Å². The number of hydrogen-bond donors (Lipinski definition) is 0. The van der Waals surface area contributed by atoms with E-state index in [1.807, 2.05) is 20.8 Å². The van der Waals surface area contributed by atoms with Gasteiger partial charge in [0.1, 0.15) is 0 Å². The standard InChI is InChI=1S/C9H22N2O.C2H6/c1-5-12-9-8-11(4)7-6-10(2)3;1-2/h5-9H2,1-4H3;1-2H3. The maximum absolute atomic E-state index is 5.26. The van der Waals surface area contributed by atoms with Gasteiger partial charge >= 0.3 is 0 Å². The van der Waals surface area contributed by atoms with Crippen molar-refractivity contribution in [3.63, 3.8) is 0 Å². The van der Waals surface area contributed by atoms with Crippen LogP contribution in [0.15, 0.2) is 0 Å². The van der Waals surface area contributed by atoms with E-state index in [4.69, 9.17) is 4.74 Å². The molecule has 0 spiro atoms. The Bertz CT molecular complexity index is 97.3. The van der Waals surface area contributed by atoms with Crippen molar-refractivity contribution in [2.45, 2.75) is 20.8 Å². The highest BCUT2D eigenvalue weighted by molar-refractivity contribution is 4.52. The molecule has 0 radical (unpaired) electrons. The van der Waals surface area contributed by atoms with Crippen molar-refractivity contribution in [2.75, 3.05) is 54.0 Å². The number of nitrogens with zero attached hydrogens (tertiary/aromatic N) is 2. The maximum Gasteiger partial charge on any atom is 0.0593 e. The van der Waals surface area contributed by atoms with Gasteiger partial charge in [-0.1, -0.05) is 13.8 Å². The highest BCUT2D eigenvalue weighted by atomic mass is 16.5. The van der Waals surface area contributed by atoms with E-state index < -0.39 is 0 Å². The van der Waals surface area contributed by atoms with Crippen LogP contribution in [0.4, 0.5) is 0 Å². The third kappa shape index (κ3) is 14.4. The van der Waals surface area contributed by atoms with Crippen LogP contribution in [-0.4, -0.2) is 63.8 Å². The molecule has 0 aliphatic carbocycles. The zero-order valence-corrected chi connectivity index (χ0v) is 10.8. The molecule has 0 saturated heterocycles. The predicted octanol–water partition coefficient (Wildman–Crippen LogP) is 1.54. The lowest BCUT2D eigenvalue weighted by Gasteiger charge is -2.18. The van der Waals surface area contributed by atoms with Crippen LogP contribution < -0.4 is 0 Å². The minimum atomic E-state index is 0.821. The summed E-state index contributed by atoms with van der Waals surface area (Å²) in [5.74, 6) is 0. The second kappa shape index (κ2) is 12.9. The van der Waals surface area contributed by atoms with Crippen LogP contribution >= 0.6 is 0 Å². The molecule has 0 aromatic heterocycles. The molecular formula is C11H28N2O. The normalized spacial score (nSPS) is 10.3. The lowest BCUT2D eigenvalue weighted by Crippen LogP contribution is -2.31. The molecule has 0 bridgehead atoms. The summed E-state index contributed by atoms with van der Waals surface area (Å²) in [4.78, 5) is 4.48. The Kier molecular flexibility index (Phi) is 15.0. The van der Waals surface area contributed by atoms with Crippen molar-refractivity contribution < 1.29 is 4.74 Å². The largest absolute Gasteiger partial charge is 0.380 e. The molecule has 0 unspecified atom stereocenters. The summed E-state index contributed by atoms with van der Waals surface area (Å²) in [7, 11) is 6.31. The smallest absolute Gasteiger partial charge is 0.0593 e. The van der Waals surface area contributed by atoms with Crippen molar-refractivity contribution in [3.8, 4) is 0 Å². The van der Waals surface area contributed by atoms with Gasteiger partial charge in [0.05, 0.1) is 6.61 Å². The van der Waals surface area contributed by atoms with Crippen LogP contribution in [0.3, 0.4) is 0 Å². The molecule has 0 amide bonds. The topological polar surface area (TPSA) is 15.7 Å². The van der Waals surface area contributed by atoms with Crippen molar-refractivity contribution in [3.05, 3.63) is 0 Å². The molecule has 88 valence electrons. The number of rotatable bonds is 7. The van der Waals surface area contributed by atoms with E-state index >= 15 is 0 Å². The molecule has 3 heteroatoms. The van der Waals surface area contributed by atoms with E-state index in [1.54, 1.807) is 0 Å². The van der Waals surface area contributed by atoms with E-state index in [0.717, 1.165) is 32.8 Å². The summed E-state index contributed by atoms with van der Waals surface area (Å²) in [6.07, 6.45) is 0. The number of hydrogen-bond acceptors (Lipinski definition) is 3. The van der Waals surface area contributed by atoms with E-state index in [1.165, 1.54) is 0 Å². The van der Waals surface area contributed by atoms with Gasteiger partial charge in [0, 0.05) is 26.2 Å². The zero-order chi connectivity index (χ0) is 11.4. The Morgan fingerprint density at radius 2 is 1.50 bits per heavy atom. The van der Waals surface area contributed by atoms with E-state index in [0.29, 0.717) is 0 Å². The SMILES string of the molecule is CC.CCOCCN(C)CCN(C)C. The van der Waals surface area contributed by atoms with Crippen molar-refractivity contribution in [1.82, 2.24) is 9.80 Å². The van der Waals surface area contributed by atoms with Crippen LogP contribution in [0, 0.1) is 0 Å². The molecule has 0 N–H and O–H groups in total. The van der Waals surface area contributed by atoms with Crippen LogP contribution in [0.2, 0.25) is 0 Å². The van der Waals surface area contributed by atoms with Crippen LogP contribution in [-0.2, 0) is 4.74 Å². The average molecular weight is 204 g/mol. The number of likely N-dealkylation sites (N-methyl/N-ethyl adjacent to an activating group) is 2. The van der Waals surface area contributed by atoms with Gasteiger partial charge in [0.25, 0.3) is 0 Å². The van der Waals surface area contributed by atoms with Crippen molar-refractivity contribution >= 4 is 0 Å². The summed E-state index contributed by atoms with van der Waals surface area (Å²) < 4.78 is 5.26. The first-order valence-electron chi connectivity index (χ1n) is 5.57. The van der Waals surface area contributed by atoms with Crippen LogP contribution in [0.25, 0.3) is 0 Å². The molecule has 0 aliphatic heterocycles. The zero-order valence-electron chi connectivity index (χ0n) is 10.8. The minimum absolute atomic E-state index is 0.821. The number of ether oxygens (including phenoxy) is 1. The van der Waals surface area contributed by atoms with Gasteiger partial charge in [-0.25, -0.2) is 0 Å². The summed E-state index contributed by atoms with van der Waals surface area (Å²) in [6.45, 7) is 11.0. The van der Waals surface area contributed by atoms with Gasteiger partial charge in [0.2, 0.25) is 0 Å². The molecule has 0 fully saturated rings. The average Bonchev–Trinajstić information content (AvgIpc) is 2.18. The van der Waals surface area contributed by atoms with Gasteiger partial charge in [0.15, 0.2) is 0 Å². The molecule has 0 saturated carbocycles. The summed E-state index contributed by atoms with van der Waals surface area (Å²) in [5.41, 5.74) is 0. The molecule has 0 aromatic rings. The van der Waals surface area contributed by atoms with Gasteiger partial charge in [-0.2, -0.15) is 0 Å². The highest BCUT2D eigenvalue weighted by Gasteiger charge is 1.97. The minimum Gasteiger partial charge on any atom is -0.380 e. The molecule has 14 heavy (non-hydrogen) atoms. The maximum atomic E-state index is 5.26. The first-order chi connectivity index (χ1) is 6.66. The lowest BCUT2D eigenvalue weighted by molar-refractivity contribution is 0.120. The predicted molar refractivity (Wildman–Crippen MR) is 63.9 cm³/mol. The van der Waals surface area contributed by atoms with Gasteiger partial charge in [-0.3, -0.25) is 0 Å². The Labute approximate surface area is 90.0 Å². The summed E-state index contributed by atoms with van der Waals surface area (Å²) in [6, 6.07) is 0. The monoisotopic (exact) mass is 204 g/mol. The fourth-order valence-corrected chi connectivity index (χ4v) is 0.847. The van der Waals surface area contributed by atoms with E-state index in [2.05, 4.69) is 30.9 Å². The van der Waals surface area contributed by atoms with Crippen LogP contribution in [0.1, 0.15) is 20.8 Å². The van der Waals surface area contributed by atoms with Gasteiger partial charge in [-0.15, -0.1) is 0 Å². The highest BCUT2D eigenvalue weighted by Crippen LogP contribution is 1.84. The molecule has 0 atom stereocenters. The van der Waals surface area contributed by atoms with Gasteiger partial charge < -0.3 is 14.5 Å². The third-order valence-corrected chi connectivity index (χ3v) is 1.75. The first-order valence-corrected chi connectivity index (χ1v) is 5.57. The Morgan fingerprint density at radius 3 is 1.93 bits per heavy atom. The molecule has 0 aliphatic rings. The summed E-state index contributed by atoms with van der Waals surface area (Å²) >= 11 is 0. The molecule has 3 nitrogen and oxygen atoms in total. The van der Waals surface area contributed by atoms with Crippen molar-refractivity contribution in [2.24, 2.45) is 0 Å². The van der Waals surface area contributed by atoms with Crippen molar-refractivity contribution in [1.29, 1.82) is 0 Å². The second-order valence-electron chi connectivity index (χ2n) is 3.30. The first kappa shape index (κ1) is 16.3. The molecule has 0 heterocycles. The third-order valence-electron chi connectivity index (χ3n) is 1.75. The Hall–Kier alpha value is -0.120. The van der Waals surface area contributed by atoms with Gasteiger partial charge in [-0.05, 0) is 28.1 Å². The fourth-order valence-electron chi connectivity index (χ4n) is 0.847. The fraction of sp³-hybridized carbons (Fsp3) is 1.00. The lowest BCUT2D eigenvalue weighted by atomic mass is 10.5. The van der Waals surface area contributed by atoms with E-state index in [-0.39, 0.29) is 0 Å². The quantitative estimate of drug-likeness (QED) is 0.585.